The molecule has 0 saturated carbocycles. The average molecular weight is 195 g/mol. The van der Waals surface area contributed by atoms with Gasteiger partial charge in [-0.2, -0.15) is 0 Å². The lowest BCUT2D eigenvalue weighted by atomic mass is 9.94. The third kappa shape index (κ3) is 4.13. The van der Waals surface area contributed by atoms with Crippen LogP contribution in [0.3, 0.4) is 0 Å². The minimum absolute atomic E-state index is 0.442. The molecule has 1 aliphatic rings. The molecule has 14 heavy (non-hydrogen) atoms. The zero-order chi connectivity index (χ0) is 10.6. The number of aliphatic hydroxyl groups is 1. The average Bonchev–Trinajstić information content (AvgIpc) is 2.07. The molecule has 0 aromatic heterocycles. The third-order valence-electron chi connectivity index (χ3n) is 2.63. The molecule has 0 aliphatic carbocycles. The van der Waals surface area contributed by atoms with Crippen LogP contribution in [-0.2, 0) is 0 Å². The molecule has 0 amide bonds. The lowest BCUT2D eigenvalue weighted by molar-refractivity contribution is -0.00199. The van der Waals surface area contributed by atoms with Gasteiger partial charge in [0.2, 0.25) is 0 Å². The maximum atomic E-state index is 9.74. The number of nitrogens with zero attached hydrogens (tertiary/aromatic N) is 1. The van der Waals surface area contributed by atoms with Crippen molar-refractivity contribution in [3.63, 3.8) is 0 Å². The molecule has 2 heteroatoms. The number of hydrogen-bond donors (Lipinski definition) is 1. The first kappa shape index (κ1) is 11.6. The zero-order valence-corrected chi connectivity index (χ0v) is 9.51. The normalized spacial score (nSPS) is 21.8. The topological polar surface area (TPSA) is 23.5 Å². The highest BCUT2D eigenvalue weighted by molar-refractivity contribution is 5.03. The molecule has 1 fully saturated rings. The van der Waals surface area contributed by atoms with E-state index in [2.05, 4.69) is 30.6 Å². The Morgan fingerprint density at radius 1 is 1.36 bits per heavy atom. The first-order chi connectivity index (χ1) is 6.49. The van der Waals surface area contributed by atoms with Crippen molar-refractivity contribution in [2.75, 3.05) is 19.6 Å². The fourth-order valence-electron chi connectivity index (χ4n) is 1.55. The van der Waals surface area contributed by atoms with Gasteiger partial charge in [-0.1, -0.05) is 25.7 Å². The Morgan fingerprint density at radius 2 is 1.93 bits per heavy atom. The van der Waals surface area contributed by atoms with Crippen LogP contribution in [0.2, 0.25) is 0 Å². The number of likely N-dealkylation sites (tertiary alicyclic amines) is 1. The van der Waals surface area contributed by atoms with Crippen LogP contribution in [0.5, 0.6) is 0 Å². The van der Waals surface area contributed by atoms with Crippen LogP contribution in [0.15, 0.2) is 0 Å². The van der Waals surface area contributed by atoms with Crippen LogP contribution in [-0.4, -0.2) is 35.2 Å². The summed E-state index contributed by atoms with van der Waals surface area (Å²) in [5, 5.41) is 9.74. The van der Waals surface area contributed by atoms with E-state index in [0.717, 1.165) is 32.5 Å². The van der Waals surface area contributed by atoms with Crippen LogP contribution < -0.4 is 0 Å². The summed E-state index contributed by atoms with van der Waals surface area (Å²) in [4.78, 5) is 2.31. The molecule has 1 heterocycles. The van der Waals surface area contributed by atoms with Gasteiger partial charge in [0, 0.05) is 19.0 Å². The smallest absolute Gasteiger partial charge is 0.0644 e. The predicted molar refractivity (Wildman–Crippen MR) is 58.9 cm³/mol. The number of rotatable bonds is 1. The largest absolute Gasteiger partial charge is 0.390 e. The van der Waals surface area contributed by atoms with Gasteiger partial charge < -0.3 is 5.11 Å². The molecule has 80 valence electrons. The SMILES string of the molecule is CC(C)C#CCN1CCC(C)(O)CC1. The Bertz CT molecular complexity index is 224. The summed E-state index contributed by atoms with van der Waals surface area (Å²) >= 11 is 0. The molecule has 0 atom stereocenters. The van der Waals surface area contributed by atoms with Crippen molar-refractivity contribution in [1.29, 1.82) is 0 Å². The van der Waals surface area contributed by atoms with Gasteiger partial charge in [-0.05, 0) is 19.8 Å². The summed E-state index contributed by atoms with van der Waals surface area (Å²) < 4.78 is 0. The van der Waals surface area contributed by atoms with E-state index >= 15 is 0 Å². The standard InChI is InChI=1S/C12H21NO/c1-11(2)5-4-8-13-9-6-12(3,14)7-10-13/h11,14H,6-10H2,1-3H3. The highest BCUT2D eigenvalue weighted by Crippen LogP contribution is 2.20. The van der Waals surface area contributed by atoms with Gasteiger partial charge in [-0.25, -0.2) is 0 Å². The minimum Gasteiger partial charge on any atom is -0.390 e. The van der Waals surface area contributed by atoms with Gasteiger partial charge >= 0.3 is 0 Å². The first-order valence-electron chi connectivity index (χ1n) is 5.43. The Balaban J connectivity index is 2.27. The van der Waals surface area contributed by atoms with Gasteiger partial charge in [0.05, 0.1) is 12.1 Å². The Kier molecular flexibility index (Phi) is 3.97. The molecule has 1 N–H and O–H groups in total. The fourth-order valence-corrected chi connectivity index (χ4v) is 1.55. The van der Waals surface area contributed by atoms with Crippen LogP contribution in [0.4, 0.5) is 0 Å². The van der Waals surface area contributed by atoms with E-state index in [-0.39, 0.29) is 0 Å². The van der Waals surface area contributed by atoms with Crippen molar-refractivity contribution in [3.8, 4) is 11.8 Å². The summed E-state index contributed by atoms with van der Waals surface area (Å²) in [6.45, 7) is 8.93. The minimum atomic E-state index is -0.442. The quantitative estimate of drug-likeness (QED) is 0.641. The first-order valence-corrected chi connectivity index (χ1v) is 5.43. The second-order valence-corrected chi connectivity index (χ2v) is 4.75. The second kappa shape index (κ2) is 4.82. The van der Waals surface area contributed by atoms with Crippen molar-refractivity contribution < 1.29 is 5.11 Å². The molecule has 0 aromatic rings. The van der Waals surface area contributed by atoms with E-state index in [0.29, 0.717) is 5.92 Å². The molecule has 0 spiro atoms. The van der Waals surface area contributed by atoms with Gasteiger partial charge in [0.25, 0.3) is 0 Å². The van der Waals surface area contributed by atoms with Gasteiger partial charge in [-0.15, -0.1) is 0 Å². The molecular weight excluding hydrogens is 174 g/mol. The van der Waals surface area contributed by atoms with E-state index in [1.807, 2.05) is 6.92 Å². The van der Waals surface area contributed by atoms with Crippen molar-refractivity contribution in [2.45, 2.75) is 39.2 Å². The van der Waals surface area contributed by atoms with E-state index in [9.17, 15) is 5.11 Å². The molecule has 0 aromatic carbocycles. The Morgan fingerprint density at radius 3 is 2.43 bits per heavy atom. The number of piperidine rings is 1. The lowest BCUT2D eigenvalue weighted by Crippen LogP contribution is -2.42. The van der Waals surface area contributed by atoms with Crippen molar-refractivity contribution in [1.82, 2.24) is 4.90 Å². The summed E-state index contributed by atoms with van der Waals surface area (Å²) in [7, 11) is 0. The molecule has 1 saturated heterocycles. The van der Waals surface area contributed by atoms with Crippen molar-refractivity contribution in [2.24, 2.45) is 5.92 Å². The summed E-state index contributed by atoms with van der Waals surface area (Å²) in [6, 6.07) is 0. The third-order valence-corrected chi connectivity index (χ3v) is 2.63. The molecular formula is C12H21NO. The second-order valence-electron chi connectivity index (χ2n) is 4.75. The number of hydrogen-bond acceptors (Lipinski definition) is 2. The monoisotopic (exact) mass is 195 g/mol. The molecule has 1 aliphatic heterocycles. The highest BCUT2D eigenvalue weighted by atomic mass is 16.3. The Hall–Kier alpha value is -0.520. The van der Waals surface area contributed by atoms with Gasteiger partial charge in [-0.3, -0.25) is 4.90 Å². The maximum absolute atomic E-state index is 9.74. The van der Waals surface area contributed by atoms with E-state index in [1.54, 1.807) is 0 Å². The predicted octanol–water partition coefficient (Wildman–Crippen LogP) is 1.49. The van der Waals surface area contributed by atoms with E-state index in [4.69, 9.17) is 0 Å². The molecule has 1 rings (SSSR count). The van der Waals surface area contributed by atoms with Crippen LogP contribution in [0.25, 0.3) is 0 Å². The van der Waals surface area contributed by atoms with E-state index < -0.39 is 5.60 Å². The molecule has 0 radical (unpaired) electrons. The van der Waals surface area contributed by atoms with E-state index in [1.165, 1.54) is 0 Å². The summed E-state index contributed by atoms with van der Waals surface area (Å²) in [6.07, 6.45) is 1.74. The van der Waals surface area contributed by atoms with Crippen molar-refractivity contribution in [3.05, 3.63) is 0 Å². The van der Waals surface area contributed by atoms with Crippen LogP contribution in [0.1, 0.15) is 33.6 Å². The zero-order valence-electron chi connectivity index (χ0n) is 9.51. The van der Waals surface area contributed by atoms with Gasteiger partial charge in [0.1, 0.15) is 0 Å². The Labute approximate surface area is 87.3 Å². The highest BCUT2D eigenvalue weighted by Gasteiger charge is 2.26. The summed E-state index contributed by atoms with van der Waals surface area (Å²) in [5.41, 5.74) is -0.442. The van der Waals surface area contributed by atoms with Crippen LogP contribution >= 0.6 is 0 Å². The lowest BCUT2D eigenvalue weighted by Gasteiger charge is -2.34. The molecule has 0 bridgehead atoms. The summed E-state index contributed by atoms with van der Waals surface area (Å²) in [5.74, 6) is 6.80. The van der Waals surface area contributed by atoms with Crippen LogP contribution in [0, 0.1) is 17.8 Å². The maximum Gasteiger partial charge on any atom is 0.0644 e. The van der Waals surface area contributed by atoms with Crippen molar-refractivity contribution >= 4 is 0 Å². The molecule has 2 nitrogen and oxygen atoms in total. The molecule has 0 unspecified atom stereocenters. The fraction of sp³-hybridized carbons (Fsp3) is 0.833. The van der Waals surface area contributed by atoms with Gasteiger partial charge in [0.15, 0.2) is 0 Å².